The van der Waals surface area contributed by atoms with Crippen molar-refractivity contribution in [2.24, 2.45) is 0 Å². The summed E-state index contributed by atoms with van der Waals surface area (Å²) < 4.78 is 41.7. The third-order valence-electron chi connectivity index (χ3n) is 10.4. The van der Waals surface area contributed by atoms with Crippen molar-refractivity contribution in [1.82, 2.24) is 19.8 Å². The highest BCUT2D eigenvalue weighted by Crippen LogP contribution is 2.40. The van der Waals surface area contributed by atoms with Gasteiger partial charge in [-0.15, -0.1) is 0 Å². The van der Waals surface area contributed by atoms with Crippen LogP contribution in [-0.2, 0) is 22.0 Å². The Bertz CT molecular complexity index is 1860. The summed E-state index contributed by atoms with van der Waals surface area (Å²) in [6, 6.07) is 23.7. The van der Waals surface area contributed by atoms with E-state index in [1.165, 1.54) is 9.87 Å². The maximum absolute atomic E-state index is 14.3. The summed E-state index contributed by atoms with van der Waals surface area (Å²) >= 11 is 0. The van der Waals surface area contributed by atoms with Gasteiger partial charge in [0.2, 0.25) is 0 Å². The summed E-state index contributed by atoms with van der Waals surface area (Å²) in [6.45, 7) is 7.72. The molecule has 10 nitrogen and oxygen atoms in total. The number of methoxy groups -OCH3 is 1. The summed E-state index contributed by atoms with van der Waals surface area (Å²) in [5.74, 6) is 1.40. The summed E-state index contributed by atoms with van der Waals surface area (Å²) in [5.41, 5.74) is 4.40. The lowest BCUT2D eigenvalue weighted by molar-refractivity contribution is 0.0537. The van der Waals surface area contributed by atoms with Crippen molar-refractivity contribution >= 4 is 21.5 Å². The largest absolute Gasteiger partial charge is 0.497 e. The fourth-order valence-corrected chi connectivity index (χ4v) is 9.83. The average Bonchev–Trinajstić information content (AvgIpc) is 3.50. The number of anilines is 2. The topological polar surface area (TPSA) is 91.3 Å². The van der Waals surface area contributed by atoms with E-state index in [9.17, 15) is 8.42 Å². The van der Waals surface area contributed by atoms with Crippen LogP contribution in [0.3, 0.4) is 0 Å². The van der Waals surface area contributed by atoms with Crippen molar-refractivity contribution in [3.8, 4) is 11.8 Å². The Kier molecular flexibility index (Phi) is 10.7. The van der Waals surface area contributed by atoms with Gasteiger partial charge >= 0.3 is 6.01 Å². The van der Waals surface area contributed by atoms with Crippen LogP contribution in [0.5, 0.6) is 11.8 Å². The molecule has 0 radical (unpaired) electrons. The van der Waals surface area contributed by atoms with Crippen LogP contribution in [0.1, 0.15) is 41.5 Å². The van der Waals surface area contributed by atoms with E-state index < -0.39 is 16.1 Å². The minimum absolute atomic E-state index is 0.0853. The number of piperidine rings is 1. The Balaban J connectivity index is 1.07. The molecule has 0 bridgehead atoms. The average molecular weight is 699 g/mol. The minimum Gasteiger partial charge on any atom is -0.497 e. The lowest BCUT2D eigenvalue weighted by atomic mass is 9.80. The molecule has 3 aromatic carbocycles. The molecule has 0 saturated carbocycles. The quantitative estimate of drug-likeness (QED) is 0.175. The third-order valence-corrected chi connectivity index (χ3v) is 12.6. The van der Waals surface area contributed by atoms with Crippen molar-refractivity contribution in [2.45, 2.75) is 56.0 Å². The van der Waals surface area contributed by atoms with Gasteiger partial charge < -0.3 is 19.3 Å². The van der Waals surface area contributed by atoms with Crippen LogP contribution in [-0.4, -0.2) is 95.3 Å². The number of aromatic nitrogens is 2. The van der Waals surface area contributed by atoms with Crippen LogP contribution in [0, 0.1) is 13.8 Å². The zero-order valence-electron chi connectivity index (χ0n) is 30.2. The van der Waals surface area contributed by atoms with Gasteiger partial charge in [0, 0.05) is 38.4 Å². The number of aryl methyl sites for hydroxylation is 2. The molecule has 6 rings (SSSR count). The second-order valence-corrected chi connectivity index (χ2v) is 15.5. The van der Waals surface area contributed by atoms with Gasteiger partial charge in [0.15, 0.2) is 0 Å². The fourth-order valence-electron chi connectivity index (χ4n) is 7.74. The monoisotopic (exact) mass is 698 g/mol. The van der Waals surface area contributed by atoms with Gasteiger partial charge in [0.05, 0.1) is 23.7 Å². The Morgan fingerprint density at radius 3 is 2.30 bits per heavy atom. The molecule has 3 heterocycles. The molecule has 0 amide bonds. The van der Waals surface area contributed by atoms with E-state index >= 15 is 0 Å². The molecule has 50 heavy (non-hydrogen) atoms. The van der Waals surface area contributed by atoms with E-state index in [2.05, 4.69) is 64.1 Å². The minimum atomic E-state index is -3.92. The first-order valence-electron chi connectivity index (χ1n) is 17.4. The van der Waals surface area contributed by atoms with E-state index in [0.29, 0.717) is 29.0 Å². The Morgan fingerprint density at radius 1 is 0.940 bits per heavy atom. The smallest absolute Gasteiger partial charge is 0.318 e. The first kappa shape index (κ1) is 35.6. The van der Waals surface area contributed by atoms with E-state index in [1.54, 1.807) is 39.3 Å². The maximum atomic E-state index is 14.3. The van der Waals surface area contributed by atoms with Gasteiger partial charge in [-0.2, -0.15) is 4.98 Å². The summed E-state index contributed by atoms with van der Waals surface area (Å²) in [6.07, 6.45) is 5.45. The molecule has 4 aromatic rings. The maximum Gasteiger partial charge on any atom is 0.318 e. The summed E-state index contributed by atoms with van der Waals surface area (Å²) in [7, 11) is 4.10. The van der Waals surface area contributed by atoms with Crippen LogP contribution in [0.25, 0.3) is 0 Å². The number of benzene rings is 3. The van der Waals surface area contributed by atoms with Gasteiger partial charge in [-0.1, -0.05) is 48.5 Å². The Hall–Kier alpha value is -4.19. The number of fused-ring (bicyclic) bond motifs is 1. The van der Waals surface area contributed by atoms with Crippen LogP contribution >= 0.6 is 0 Å². The molecular formula is C39H50N6O4S. The molecule has 1 atom stereocenters. The number of ether oxygens (including phenoxy) is 2. The highest BCUT2D eigenvalue weighted by molar-refractivity contribution is 7.93. The fraction of sp³-hybridized carbons (Fsp3) is 0.436. The first-order valence-corrected chi connectivity index (χ1v) is 18.9. The van der Waals surface area contributed by atoms with Crippen LogP contribution < -0.4 is 18.7 Å². The van der Waals surface area contributed by atoms with Crippen molar-refractivity contribution in [3.63, 3.8) is 0 Å². The molecule has 266 valence electrons. The number of hydrogen-bond acceptors (Lipinski definition) is 9. The SMILES string of the molecule is COc1cc(C)c(S(=O)(=O)N2c3ccccc3C[C@H]2COc2nccc(N(C)CCCN3CCC(c4ccccc4)(N(C)C)CC3)n2)c(C)c1. The molecule has 0 aliphatic carbocycles. The van der Waals surface area contributed by atoms with E-state index in [-0.39, 0.29) is 23.1 Å². The van der Waals surface area contributed by atoms with Crippen molar-refractivity contribution in [1.29, 1.82) is 0 Å². The van der Waals surface area contributed by atoms with E-state index in [0.717, 1.165) is 56.8 Å². The highest BCUT2D eigenvalue weighted by atomic mass is 32.2. The lowest BCUT2D eigenvalue weighted by Gasteiger charge is -2.46. The molecule has 2 aliphatic rings. The highest BCUT2D eigenvalue weighted by Gasteiger charge is 2.41. The standard InChI is InChI=1S/C39H50N6O4S/c1-29-25-34(48-6)26-30(2)37(29)50(46,47)45-33(27-31-13-10-11-16-35(31)45)28-49-38-40-20-17-36(41-38)43(5)21-12-22-44-23-18-39(19-24-44,42(3)4)32-14-8-7-9-15-32/h7-11,13-17,20,25-26,33H,12,18-19,21-24,27-28H2,1-6H3/t33-/m0/s1. The van der Waals surface area contributed by atoms with Gasteiger partial charge in [-0.05, 0) is 107 Å². The number of para-hydroxylation sites is 1. The third kappa shape index (κ3) is 7.17. The predicted molar refractivity (Wildman–Crippen MR) is 199 cm³/mol. The van der Waals surface area contributed by atoms with Gasteiger partial charge in [-0.25, -0.2) is 13.4 Å². The molecule has 0 unspecified atom stereocenters. The Morgan fingerprint density at radius 2 is 1.62 bits per heavy atom. The van der Waals surface area contributed by atoms with Gasteiger partial charge in [0.1, 0.15) is 18.2 Å². The van der Waals surface area contributed by atoms with Crippen LogP contribution in [0.4, 0.5) is 11.5 Å². The Labute approximate surface area is 297 Å². The number of rotatable bonds is 13. The zero-order valence-corrected chi connectivity index (χ0v) is 31.0. The van der Waals surface area contributed by atoms with Crippen LogP contribution in [0.15, 0.2) is 83.9 Å². The molecule has 2 aliphatic heterocycles. The number of hydrogen-bond donors (Lipinski definition) is 0. The van der Waals surface area contributed by atoms with Crippen molar-refractivity contribution in [3.05, 3.63) is 101 Å². The van der Waals surface area contributed by atoms with Gasteiger partial charge in [0.25, 0.3) is 10.0 Å². The summed E-state index contributed by atoms with van der Waals surface area (Å²) in [4.78, 5) is 16.5. The first-order chi connectivity index (χ1) is 24.0. The predicted octanol–water partition coefficient (Wildman–Crippen LogP) is 5.68. The van der Waals surface area contributed by atoms with Crippen molar-refractivity contribution in [2.75, 3.05) is 70.2 Å². The second-order valence-electron chi connectivity index (χ2n) is 13.8. The zero-order chi connectivity index (χ0) is 35.5. The normalized spacial score (nSPS) is 17.5. The molecule has 1 fully saturated rings. The lowest BCUT2D eigenvalue weighted by Crippen LogP contribution is -2.50. The number of sulfonamides is 1. The van der Waals surface area contributed by atoms with Gasteiger partial charge in [-0.3, -0.25) is 9.21 Å². The van der Waals surface area contributed by atoms with E-state index in [1.807, 2.05) is 37.4 Å². The molecular weight excluding hydrogens is 649 g/mol. The molecule has 1 aromatic heterocycles. The number of likely N-dealkylation sites (tertiary alicyclic amines) is 1. The second kappa shape index (κ2) is 15.0. The summed E-state index contributed by atoms with van der Waals surface area (Å²) in [5, 5.41) is 0. The molecule has 0 N–H and O–H groups in total. The molecule has 1 saturated heterocycles. The van der Waals surface area contributed by atoms with E-state index in [4.69, 9.17) is 14.5 Å². The van der Waals surface area contributed by atoms with Crippen LogP contribution in [0.2, 0.25) is 0 Å². The molecule has 0 spiro atoms. The number of nitrogens with zero attached hydrogens (tertiary/aromatic N) is 6. The molecule has 11 heteroatoms. The van der Waals surface area contributed by atoms with Crippen molar-refractivity contribution < 1.29 is 17.9 Å².